The van der Waals surface area contributed by atoms with Crippen molar-refractivity contribution in [3.05, 3.63) is 82.8 Å². The van der Waals surface area contributed by atoms with Gasteiger partial charge in [0.15, 0.2) is 5.78 Å². The second-order valence-corrected chi connectivity index (χ2v) is 13.2. The summed E-state index contributed by atoms with van der Waals surface area (Å²) in [5, 5.41) is 12.1. The maximum atomic E-state index is 11.7. The van der Waals surface area contributed by atoms with E-state index in [1.54, 1.807) is 0 Å². The van der Waals surface area contributed by atoms with Crippen molar-refractivity contribution in [3.8, 4) is 11.3 Å². The average Bonchev–Trinajstić information content (AvgIpc) is 3.40. The number of aromatic nitrogens is 2. The van der Waals surface area contributed by atoms with Gasteiger partial charge >= 0.3 is 0 Å². The summed E-state index contributed by atoms with van der Waals surface area (Å²) in [5.41, 5.74) is 9.92. The van der Waals surface area contributed by atoms with Crippen LogP contribution in [0.15, 0.2) is 58.7 Å². The van der Waals surface area contributed by atoms with Gasteiger partial charge in [0.1, 0.15) is 5.58 Å². The smallest absolute Gasteiger partial charge is 0.162 e. The van der Waals surface area contributed by atoms with E-state index in [0.717, 1.165) is 75.8 Å². The minimum Gasteiger partial charge on any atom is -0.512 e. The summed E-state index contributed by atoms with van der Waals surface area (Å²) in [7, 11) is 0. The number of aliphatic hydroxyl groups excluding tert-OH is 1. The SMILES string of the molecule is CCC(CC)C(=O)/C=C(\O)C(CC)CC.Cc1c[c-]c2c3c1oc1c(C(C)C)ccc(c13)C(C)(C)c1nc3ccccc3nc1-2.[Ir]. The second-order valence-electron chi connectivity index (χ2n) is 13.2. The summed E-state index contributed by atoms with van der Waals surface area (Å²) in [6.07, 6.45) is 4.91. The molecule has 0 spiro atoms. The first-order valence-corrected chi connectivity index (χ1v) is 16.6. The number of ketones is 1. The molecule has 0 saturated heterocycles. The maximum Gasteiger partial charge on any atom is 0.162 e. The molecule has 1 N–H and O–H groups in total. The van der Waals surface area contributed by atoms with Gasteiger partial charge in [-0.05, 0) is 60.2 Å². The number of aryl methyl sites for hydroxylation is 1. The van der Waals surface area contributed by atoms with Crippen LogP contribution < -0.4 is 0 Å². The second kappa shape index (κ2) is 14.2. The predicted octanol–water partition coefficient (Wildman–Crippen LogP) is 10.9. The third-order valence-corrected chi connectivity index (χ3v) is 9.69. The van der Waals surface area contributed by atoms with Crippen LogP contribution in [0.2, 0.25) is 0 Å². The van der Waals surface area contributed by atoms with Crippen LogP contribution in [0.25, 0.3) is 44.2 Å². The minimum atomic E-state index is -0.322. The van der Waals surface area contributed by atoms with Crippen molar-refractivity contribution in [3.63, 3.8) is 0 Å². The molecule has 0 unspecified atom stereocenters. The van der Waals surface area contributed by atoms with E-state index in [4.69, 9.17) is 14.4 Å². The van der Waals surface area contributed by atoms with E-state index in [1.165, 1.54) is 22.6 Å². The number of fused-ring (bicyclic) bond motifs is 3. The topological polar surface area (TPSA) is 76.2 Å². The number of para-hydroxylation sites is 2. The fourth-order valence-electron chi connectivity index (χ4n) is 6.74. The molecular weight excluding hydrogens is 749 g/mol. The average molecular weight is 796 g/mol. The van der Waals surface area contributed by atoms with Crippen LogP contribution in [0.1, 0.15) is 109 Å². The molecule has 0 aliphatic heterocycles. The minimum absolute atomic E-state index is 0. The van der Waals surface area contributed by atoms with Crippen LogP contribution in [0.4, 0.5) is 0 Å². The third kappa shape index (κ3) is 6.19. The van der Waals surface area contributed by atoms with Gasteiger partial charge in [-0.1, -0.05) is 97.5 Å². The molecule has 5 aromatic rings. The summed E-state index contributed by atoms with van der Waals surface area (Å²) in [4.78, 5) is 21.9. The standard InChI is InChI=1S/C27H23N2O.C13H24O2.Ir/c1-14(2)16-12-13-18-22-21-17(11-10-15(3)24(21)30-25(16)22)23-26(27(18,4)5)29-20-9-7-6-8-19(20)28-23;1-5-10(6-2)12(14)9-13(15)11(7-3)8-4;/h6-10,12-14H,1-5H3;9-11,14H,5-8H2,1-4H3;/q-1;;/b;12-9-;. The summed E-state index contributed by atoms with van der Waals surface area (Å²) >= 11 is 0. The van der Waals surface area contributed by atoms with Gasteiger partial charge in [0.25, 0.3) is 0 Å². The number of allylic oxidation sites excluding steroid dienone is 2. The van der Waals surface area contributed by atoms with Crippen LogP contribution in [0.5, 0.6) is 0 Å². The Kier molecular flexibility index (Phi) is 11.0. The molecule has 1 radical (unpaired) electrons. The van der Waals surface area contributed by atoms with E-state index >= 15 is 0 Å². The first kappa shape index (κ1) is 35.5. The molecule has 1 aliphatic rings. The van der Waals surface area contributed by atoms with Crippen molar-refractivity contribution in [2.75, 3.05) is 0 Å². The molecule has 0 amide bonds. The predicted molar refractivity (Wildman–Crippen MR) is 186 cm³/mol. The van der Waals surface area contributed by atoms with Gasteiger partial charge in [0.05, 0.1) is 22.4 Å². The fourth-order valence-corrected chi connectivity index (χ4v) is 6.74. The zero-order valence-electron chi connectivity index (χ0n) is 28.7. The Morgan fingerprint density at radius 2 is 1.52 bits per heavy atom. The van der Waals surface area contributed by atoms with Gasteiger partial charge in [-0.25, -0.2) is 0 Å². The van der Waals surface area contributed by atoms with E-state index in [1.807, 2.05) is 58.0 Å². The van der Waals surface area contributed by atoms with Crippen molar-refractivity contribution in [1.82, 2.24) is 9.97 Å². The molecule has 5 nitrogen and oxygen atoms in total. The molecule has 0 bridgehead atoms. The van der Waals surface area contributed by atoms with Crippen LogP contribution in [0.3, 0.4) is 0 Å². The molecule has 0 saturated carbocycles. The Morgan fingerprint density at radius 1 is 0.913 bits per heavy atom. The molecule has 1 aliphatic carbocycles. The van der Waals surface area contributed by atoms with E-state index in [-0.39, 0.29) is 48.9 Å². The largest absolute Gasteiger partial charge is 0.512 e. The number of carbonyl (C=O) groups is 1. The summed E-state index contributed by atoms with van der Waals surface area (Å²) in [6.45, 7) is 19.1. The summed E-state index contributed by atoms with van der Waals surface area (Å²) < 4.78 is 6.56. The Balaban J connectivity index is 0.000000259. The van der Waals surface area contributed by atoms with Crippen LogP contribution in [-0.4, -0.2) is 20.9 Å². The zero-order chi connectivity index (χ0) is 32.6. The van der Waals surface area contributed by atoms with Crippen molar-refractivity contribution in [2.24, 2.45) is 11.8 Å². The quantitative estimate of drug-likeness (QED) is 0.0962. The molecule has 6 heteroatoms. The first-order valence-electron chi connectivity index (χ1n) is 16.6. The van der Waals surface area contributed by atoms with Gasteiger partial charge in [-0.2, -0.15) is 0 Å². The van der Waals surface area contributed by atoms with E-state index < -0.39 is 0 Å². The van der Waals surface area contributed by atoms with Gasteiger partial charge in [-0.3, -0.25) is 14.8 Å². The number of carbonyl (C=O) groups excluding carboxylic acids is 1. The van der Waals surface area contributed by atoms with Crippen LogP contribution in [-0.2, 0) is 30.3 Å². The van der Waals surface area contributed by atoms with Crippen molar-refractivity contribution in [1.29, 1.82) is 0 Å². The Bertz CT molecular complexity index is 1910. The van der Waals surface area contributed by atoms with Crippen LogP contribution >= 0.6 is 0 Å². The molecule has 46 heavy (non-hydrogen) atoms. The van der Waals surface area contributed by atoms with Crippen molar-refractivity contribution in [2.45, 2.75) is 99.3 Å². The number of rotatable bonds is 8. The molecule has 2 heterocycles. The number of hydrogen-bond donors (Lipinski definition) is 1. The Morgan fingerprint density at radius 3 is 2.11 bits per heavy atom. The van der Waals surface area contributed by atoms with Gasteiger partial charge in [0.2, 0.25) is 0 Å². The summed E-state index contributed by atoms with van der Waals surface area (Å²) in [6, 6.07) is 18.2. The molecule has 6 rings (SSSR count). The molecule has 3 aromatic carbocycles. The molecule has 2 aromatic heterocycles. The number of furan rings is 1. The number of benzene rings is 3. The number of aliphatic hydroxyl groups is 1. The Hall–Kier alpha value is -3.34. The molecule has 0 atom stereocenters. The monoisotopic (exact) mass is 796 g/mol. The van der Waals surface area contributed by atoms with Crippen LogP contribution in [0, 0.1) is 24.8 Å². The third-order valence-electron chi connectivity index (χ3n) is 9.69. The van der Waals surface area contributed by atoms with E-state index in [2.05, 4.69) is 52.8 Å². The number of nitrogens with zero attached hydrogens (tertiary/aromatic N) is 2. The molecule has 245 valence electrons. The van der Waals surface area contributed by atoms with Gasteiger partial charge in [-0.15, -0.1) is 17.7 Å². The van der Waals surface area contributed by atoms with E-state index in [0.29, 0.717) is 5.92 Å². The van der Waals surface area contributed by atoms with E-state index in [9.17, 15) is 9.90 Å². The van der Waals surface area contributed by atoms with Gasteiger partial charge < -0.3 is 9.52 Å². The zero-order valence-corrected chi connectivity index (χ0v) is 31.1. The normalized spacial score (nSPS) is 13.7. The summed E-state index contributed by atoms with van der Waals surface area (Å²) in [5.74, 6) is 0.922. The Labute approximate surface area is 287 Å². The van der Waals surface area contributed by atoms with Crippen molar-refractivity contribution < 1.29 is 34.4 Å². The molecular formula is C40H47IrN2O3-. The van der Waals surface area contributed by atoms with Gasteiger partial charge in [0, 0.05) is 54.8 Å². The number of hydrogen-bond acceptors (Lipinski definition) is 5. The first-order chi connectivity index (χ1) is 21.5. The fraction of sp³-hybridized carbons (Fsp3) is 0.425. The molecule has 0 fully saturated rings. The maximum absolute atomic E-state index is 11.7. The van der Waals surface area contributed by atoms with Crippen molar-refractivity contribution >= 4 is 38.8 Å².